The van der Waals surface area contributed by atoms with Gasteiger partial charge in [-0.25, -0.2) is 0 Å². The van der Waals surface area contributed by atoms with Crippen LogP contribution in [0.1, 0.15) is 38.8 Å². The summed E-state index contributed by atoms with van der Waals surface area (Å²) in [6, 6.07) is 15.6. The maximum Gasteiger partial charge on any atom is 0.494 e. The van der Waals surface area contributed by atoms with Gasteiger partial charge in [-0.2, -0.15) is 0 Å². The van der Waals surface area contributed by atoms with Crippen molar-refractivity contribution in [3.05, 3.63) is 65.7 Å². The van der Waals surface area contributed by atoms with Crippen LogP contribution in [0, 0.1) is 0 Å². The van der Waals surface area contributed by atoms with Crippen LogP contribution in [0.15, 0.2) is 54.6 Å². The molecular weight excluding hydrogens is 329 g/mol. The molecule has 0 bridgehead atoms. The van der Waals surface area contributed by atoms with E-state index in [-0.39, 0.29) is 0 Å². The lowest BCUT2D eigenvalue weighted by molar-refractivity contribution is -0.133. The summed E-state index contributed by atoms with van der Waals surface area (Å²) < 4.78 is 12.1. The lowest BCUT2D eigenvalue weighted by Crippen LogP contribution is -2.42. The van der Waals surface area contributed by atoms with E-state index < -0.39 is 29.8 Å². The Morgan fingerprint density at radius 1 is 0.923 bits per heavy atom. The number of carbonyl (C=O) groups excluding carboxylic acids is 1. The molecule has 0 spiro atoms. The third kappa shape index (κ3) is 2.94. The van der Waals surface area contributed by atoms with Crippen LogP contribution in [0.3, 0.4) is 0 Å². The van der Waals surface area contributed by atoms with Crippen molar-refractivity contribution in [2.45, 2.75) is 44.5 Å². The number of rotatable bonds is 4. The minimum Gasteiger partial charge on any atom is -0.399 e. The van der Waals surface area contributed by atoms with Gasteiger partial charge < -0.3 is 20.1 Å². The van der Waals surface area contributed by atoms with Gasteiger partial charge in [-0.05, 0) is 44.3 Å². The number of carbonyl (C=O) groups is 1. The van der Waals surface area contributed by atoms with Gasteiger partial charge in [0.25, 0.3) is 5.91 Å². The monoisotopic (exact) mass is 353 g/mol. The highest BCUT2D eigenvalue weighted by Gasteiger charge is 2.51. The molecule has 136 valence electrons. The van der Waals surface area contributed by atoms with Crippen LogP contribution >= 0.6 is 0 Å². The second-order valence-corrected chi connectivity index (χ2v) is 7.65. The molecule has 2 aromatic rings. The molecular formula is C20H24BNO4. The zero-order valence-electron chi connectivity index (χ0n) is 15.5. The molecule has 1 fully saturated rings. The summed E-state index contributed by atoms with van der Waals surface area (Å²) in [5, 5.41) is 11.0. The van der Waals surface area contributed by atoms with E-state index in [2.05, 4.69) is 0 Å². The van der Waals surface area contributed by atoms with Gasteiger partial charge in [-0.15, -0.1) is 0 Å². The number of hydrogen-bond acceptors (Lipinski definition) is 4. The van der Waals surface area contributed by atoms with Gasteiger partial charge in [0, 0.05) is 0 Å². The van der Waals surface area contributed by atoms with E-state index in [1.807, 2.05) is 33.8 Å². The number of hydrogen-bond donors (Lipinski definition) is 2. The molecule has 26 heavy (non-hydrogen) atoms. The Hall–Kier alpha value is -2.15. The molecule has 1 saturated heterocycles. The van der Waals surface area contributed by atoms with Crippen LogP contribution in [0.4, 0.5) is 0 Å². The van der Waals surface area contributed by atoms with E-state index in [0.717, 1.165) is 5.46 Å². The molecule has 3 rings (SSSR count). The summed E-state index contributed by atoms with van der Waals surface area (Å²) in [7, 11) is -0.507. The van der Waals surface area contributed by atoms with E-state index in [9.17, 15) is 9.90 Å². The second-order valence-electron chi connectivity index (χ2n) is 7.65. The number of nitrogens with two attached hydrogens (primary N) is 1. The van der Waals surface area contributed by atoms with E-state index in [1.54, 1.807) is 48.5 Å². The Labute approximate surface area is 154 Å². The second kappa shape index (κ2) is 6.23. The van der Waals surface area contributed by atoms with Crippen LogP contribution in [0.2, 0.25) is 0 Å². The average molecular weight is 353 g/mol. The molecule has 0 saturated carbocycles. The van der Waals surface area contributed by atoms with Crippen molar-refractivity contribution in [2.24, 2.45) is 5.73 Å². The Morgan fingerprint density at radius 2 is 1.38 bits per heavy atom. The Bertz CT molecular complexity index is 788. The SMILES string of the molecule is CC1(C)OB(c2ccc(C(O)(C(N)=O)c3ccccc3)cc2)OC1(C)C. The van der Waals surface area contributed by atoms with E-state index in [1.165, 1.54) is 0 Å². The molecule has 2 aromatic carbocycles. The Kier molecular flexibility index (Phi) is 4.47. The molecule has 6 heteroatoms. The lowest BCUT2D eigenvalue weighted by atomic mass is 9.77. The fraction of sp³-hybridized carbons (Fsp3) is 0.350. The maximum atomic E-state index is 12.1. The third-order valence-electron chi connectivity index (χ3n) is 5.40. The molecule has 1 amide bonds. The van der Waals surface area contributed by atoms with Crippen LogP contribution in [-0.4, -0.2) is 29.3 Å². The zero-order chi connectivity index (χ0) is 19.2. The number of benzene rings is 2. The standard InChI is InChI=1S/C20H24BNO4/c1-18(2)19(3,4)26-21(25-18)16-12-10-15(11-13-16)20(24,17(22)23)14-8-6-5-7-9-14/h5-13,24H,1-4H3,(H2,22,23). The van der Waals surface area contributed by atoms with Crippen molar-refractivity contribution >= 4 is 18.5 Å². The normalized spacial score (nSPS) is 20.6. The first-order valence-electron chi connectivity index (χ1n) is 8.62. The van der Waals surface area contributed by atoms with Gasteiger partial charge in [0.15, 0.2) is 5.60 Å². The summed E-state index contributed by atoms with van der Waals surface area (Å²) in [4.78, 5) is 12.1. The van der Waals surface area contributed by atoms with Crippen LogP contribution < -0.4 is 11.2 Å². The van der Waals surface area contributed by atoms with Crippen molar-refractivity contribution in [1.82, 2.24) is 0 Å². The van der Waals surface area contributed by atoms with E-state index >= 15 is 0 Å². The van der Waals surface area contributed by atoms with Crippen molar-refractivity contribution < 1.29 is 19.2 Å². The molecule has 0 aliphatic carbocycles. The summed E-state index contributed by atoms with van der Waals surface area (Å²) in [6.45, 7) is 7.95. The molecule has 3 N–H and O–H groups in total. The molecule has 1 unspecified atom stereocenters. The summed E-state index contributed by atoms with van der Waals surface area (Å²) in [6.07, 6.45) is 0. The minimum atomic E-state index is -1.89. The van der Waals surface area contributed by atoms with Crippen molar-refractivity contribution in [1.29, 1.82) is 0 Å². The Balaban J connectivity index is 1.93. The smallest absolute Gasteiger partial charge is 0.399 e. The van der Waals surface area contributed by atoms with Gasteiger partial charge >= 0.3 is 7.12 Å². The first kappa shape index (κ1) is 18.6. The predicted molar refractivity (Wildman–Crippen MR) is 101 cm³/mol. The average Bonchev–Trinajstić information content (AvgIpc) is 2.82. The highest BCUT2D eigenvalue weighted by molar-refractivity contribution is 6.62. The van der Waals surface area contributed by atoms with Crippen molar-refractivity contribution in [2.75, 3.05) is 0 Å². The number of amides is 1. The van der Waals surface area contributed by atoms with Gasteiger partial charge in [0.05, 0.1) is 11.2 Å². The van der Waals surface area contributed by atoms with Crippen LogP contribution in [0.5, 0.6) is 0 Å². The number of primary amides is 1. The Morgan fingerprint density at radius 3 is 1.85 bits per heavy atom. The summed E-state index contributed by atoms with van der Waals surface area (Å²) in [5.74, 6) is -0.827. The summed E-state index contributed by atoms with van der Waals surface area (Å²) in [5.41, 5.74) is 4.40. The van der Waals surface area contributed by atoms with Crippen molar-refractivity contribution in [3.8, 4) is 0 Å². The summed E-state index contributed by atoms with van der Waals surface area (Å²) >= 11 is 0. The zero-order valence-corrected chi connectivity index (χ0v) is 15.5. The van der Waals surface area contributed by atoms with Gasteiger partial charge in [-0.3, -0.25) is 4.79 Å². The van der Waals surface area contributed by atoms with Crippen LogP contribution in [-0.2, 0) is 19.7 Å². The van der Waals surface area contributed by atoms with E-state index in [4.69, 9.17) is 15.0 Å². The molecule has 0 aromatic heterocycles. The first-order chi connectivity index (χ1) is 12.1. The van der Waals surface area contributed by atoms with Crippen LogP contribution in [0.25, 0.3) is 0 Å². The highest BCUT2D eigenvalue weighted by atomic mass is 16.7. The molecule has 0 radical (unpaired) electrons. The minimum absolute atomic E-state index is 0.400. The topological polar surface area (TPSA) is 81.8 Å². The van der Waals surface area contributed by atoms with Gasteiger partial charge in [0.2, 0.25) is 0 Å². The molecule has 1 atom stereocenters. The first-order valence-corrected chi connectivity index (χ1v) is 8.62. The maximum absolute atomic E-state index is 12.1. The molecule has 1 aliphatic heterocycles. The predicted octanol–water partition coefficient (Wildman–Crippen LogP) is 1.71. The largest absolute Gasteiger partial charge is 0.494 e. The van der Waals surface area contributed by atoms with Gasteiger partial charge in [-0.1, -0.05) is 54.6 Å². The molecule has 5 nitrogen and oxygen atoms in total. The number of aliphatic hydroxyl groups is 1. The fourth-order valence-corrected chi connectivity index (χ4v) is 2.99. The molecule has 1 heterocycles. The van der Waals surface area contributed by atoms with E-state index in [0.29, 0.717) is 11.1 Å². The highest BCUT2D eigenvalue weighted by Crippen LogP contribution is 2.36. The lowest BCUT2D eigenvalue weighted by Gasteiger charge is -2.32. The fourth-order valence-electron chi connectivity index (χ4n) is 2.99. The molecule has 1 aliphatic rings. The third-order valence-corrected chi connectivity index (χ3v) is 5.40. The quantitative estimate of drug-likeness (QED) is 0.820. The van der Waals surface area contributed by atoms with Crippen molar-refractivity contribution in [3.63, 3.8) is 0 Å². The van der Waals surface area contributed by atoms with Gasteiger partial charge in [0.1, 0.15) is 0 Å².